The molecule has 3 N–H and O–H groups in total. The number of halogens is 1. The number of carbonyl (C=O) groups is 4. The van der Waals surface area contributed by atoms with E-state index in [1.165, 1.54) is 157 Å². The number of carboxylic acid groups (broad SMARTS) is 1. The number of aromatic nitrogens is 8. The molecule has 16 aromatic rings. The quantitative estimate of drug-likeness (QED) is 0.0371. The molecule has 2 aliphatic rings. The van der Waals surface area contributed by atoms with Crippen LogP contribution >= 0.6 is 15.9 Å². The summed E-state index contributed by atoms with van der Waals surface area (Å²) in [7, 11) is 4.18. The van der Waals surface area contributed by atoms with Gasteiger partial charge in [0.15, 0.2) is 0 Å². The normalized spacial score (nSPS) is 12.6. The first kappa shape index (κ1) is 98.1. The third-order valence-corrected chi connectivity index (χ3v) is 22.7. The van der Waals surface area contributed by atoms with Crippen LogP contribution in [0.25, 0.3) is 110 Å². The van der Waals surface area contributed by atoms with Gasteiger partial charge >= 0.3 is 17.9 Å². The summed E-state index contributed by atoms with van der Waals surface area (Å²) in [5.74, 6) is -1.79. The number of para-hydroxylation sites is 4. The first-order chi connectivity index (χ1) is 65.8. The molecule has 0 bridgehead atoms. The van der Waals surface area contributed by atoms with Crippen molar-refractivity contribution in [2.24, 2.45) is 0 Å². The molecule has 39 nitrogen and oxygen atoms in total. The Bertz CT molecular complexity index is 7970. The van der Waals surface area contributed by atoms with E-state index in [-0.39, 0.29) is 87.4 Å². The van der Waals surface area contributed by atoms with Gasteiger partial charge in [0.2, 0.25) is 5.91 Å². The Kier molecular flexibility index (Phi) is 29.7. The highest BCUT2D eigenvalue weighted by molar-refractivity contribution is 9.09. The lowest BCUT2D eigenvalue weighted by Gasteiger charge is -2.32. The molecular formula is C98H87BrN20O19. The van der Waals surface area contributed by atoms with E-state index in [2.05, 4.69) is 43.1 Å². The van der Waals surface area contributed by atoms with E-state index in [4.69, 9.17) is 9.47 Å². The fourth-order valence-corrected chi connectivity index (χ4v) is 16.1. The zero-order chi connectivity index (χ0) is 99.5. The summed E-state index contributed by atoms with van der Waals surface area (Å²) >= 11 is 2.99. The number of likely N-dealkylation sites (N-methyl/N-ethyl adjacent to an activating group) is 2. The van der Waals surface area contributed by atoms with Crippen LogP contribution in [-0.4, -0.2) is 183 Å². The SMILES string of the molecule is CC(C)(C)OC(=O)CBr.CC(C)(C)OC(=O)Cn1c2ccccc2c2c1cc(C#N)c(=O)n2-c1ccc([N+](=O)[O-])cc1.CN1CCN(C(=O)Cn2c3ccccc3c3c2cc(C#N)c(=O)n3-c2ccc([N+](=O)[O-])cc2)CC1.CN1CCNCC1.N#Cc1cc2[nH]c3ccccc3c2n(-c2ccc([N+](=O)[O-])cc2)c1=O.N#Cc1cc2c(c3ccccc3n2CC(=O)O)n(-c2ccc([N+](=O)[O-])cc2)c1=O. The van der Waals surface area contributed by atoms with Crippen LogP contribution in [-0.2, 0) is 48.3 Å². The molecule has 1 amide bonds. The highest BCUT2D eigenvalue weighted by Gasteiger charge is 2.29. The molecule has 2 saturated heterocycles. The lowest BCUT2D eigenvalue weighted by Crippen LogP contribution is -2.48. The number of ether oxygens (including phenoxy) is 2. The van der Waals surface area contributed by atoms with Crippen molar-refractivity contribution in [3.63, 3.8) is 0 Å². The van der Waals surface area contributed by atoms with Crippen molar-refractivity contribution < 1.29 is 53.5 Å². The number of esters is 2. The number of nitro groups is 4. The van der Waals surface area contributed by atoms with E-state index >= 15 is 0 Å². The maximum atomic E-state index is 13.3. The number of rotatable bonds is 15. The molecule has 0 aliphatic carbocycles. The number of nitriles is 4. The average molecular weight is 1930 g/mol. The number of pyridine rings is 4. The average Bonchev–Trinajstić information content (AvgIpc) is 1.59. The van der Waals surface area contributed by atoms with Crippen molar-refractivity contribution in [2.75, 3.05) is 71.8 Å². The number of fused-ring (bicyclic) bond motifs is 12. The zero-order valence-electron chi connectivity index (χ0n) is 75.5. The van der Waals surface area contributed by atoms with Gasteiger partial charge in [-0.25, -0.2) is 0 Å². The summed E-state index contributed by atoms with van der Waals surface area (Å²) in [4.78, 5) is 152. The number of carbonyl (C=O) groups excluding carboxylic acids is 3. The van der Waals surface area contributed by atoms with Gasteiger partial charge in [0.1, 0.15) is 82.7 Å². The van der Waals surface area contributed by atoms with Crippen molar-refractivity contribution >= 4 is 150 Å². The van der Waals surface area contributed by atoms with Crippen LogP contribution in [0.2, 0.25) is 0 Å². The molecular weight excluding hydrogens is 1840 g/mol. The number of nitrogens with one attached hydrogen (secondary N) is 2. The van der Waals surface area contributed by atoms with Gasteiger partial charge in [-0.1, -0.05) is 88.7 Å². The number of amides is 1. The Morgan fingerprint density at radius 1 is 0.391 bits per heavy atom. The second kappa shape index (κ2) is 41.8. The number of aromatic amines is 1. The first-order valence-corrected chi connectivity index (χ1v) is 43.8. The molecule has 10 heterocycles. The molecule has 0 atom stereocenters. The summed E-state index contributed by atoms with van der Waals surface area (Å²) in [5, 5.41) is 97.8. The molecule has 0 spiro atoms. The van der Waals surface area contributed by atoms with Crippen molar-refractivity contribution in [2.45, 2.75) is 72.4 Å². The highest BCUT2D eigenvalue weighted by atomic mass is 79.9. The predicted molar refractivity (Wildman–Crippen MR) is 520 cm³/mol. The Labute approximate surface area is 791 Å². The van der Waals surface area contributed by atoms with Crippen LogP contribution in [0.15, 0.2) is 238 Å². The van der Waals surface area contributed by atoms with E-state index in [1.54, 1.807) is 49.6 Å². The van der Waals surface area contributed by atoms with Crippen LogP contribution in [0.4, 0.5) is 22.7 Å². The van der Waals surface area contributed by atoms with Crippen molar-refractivity contribution in [1.29, 1.82) is 21.0 Å². The van der Waals surface area contributed by atoms with Gasteiger partial charge in [0, 0.05) is 151 Å². The second-order valence-electron chi connectivity index (χ2n) is 33.7. The topological polar surface area (TPSA) is 515 Å². The Morgan fingerprint density at radius 2 is 0.696 bits per heavy atom. The molecule has 700 valence electrons. The number of non-ortho nitro benzene ring substituents is 4. The molecule has 2 aliphatic heterocycles. The number of carboxylic acids is 1. The van der Waals surface area contributed by atoms with E-state index in [1.807, 2.05) is 134 Å². The summed E-state index contributed by atoms with van der Waals surface area (Å²) in [5.41, 5.74) is 4.71. The highest BCUT2D eigenvalue weighted by Crippen LogP contribution is 2.36. The third-order valence-electron chi connectivity index (χ3n) is 22.2. The van der Waals surface area contributed by atoms with Crippen molar-refractivity contribution in [3.8, 4) is 47.0 Å². The van der Waals surface area contributed by atoms with E-state index < -0.39 is 59.5 Å². The number of benzene rings is 8. The Hall–Kier alpha value is -17.4. The molecule has 8 aromatic carbocycles. The zero-order valence-corrected chi connectivity index (χ0v) is 77.1. The van der Waals surface area contributed by atoms with Crippen LogP contribution < -0.4 is 27.6 Å². The van der Waals surface area contributed by atoms with Gasteiger partial charge in [0.25, 0.3) is 45.0 Å². The number of alkyl halides is 1. The monoisotopic (exact) mass is 1930 g/mol. The molecule has 138 heavy (non-hydrogen) atoms. The summed E-state index contributed by atoms with van der Waals surface area (Å²) < 4.78 is 20.9. The Balaban J connectivity index is 0.000000148. The van der Waals surface area contributed by atoms with Gasteiger partial charge in [-0.2, -0.15) is 21.0 Å². The van der Waals surface area contributed by atoms with Crippen LogP contribution in [0.1, 0.15) is 63.8 Å². The minimum atomic E-state index is -1.07. The van der Waals surface area contributed by atoms with Crippen LogP contribution in [0, 0.1) is 85.8 Å². The summed E-state index contributed by atoms with van der Waals surface area (Å²) in [6, 6.07) is 64.9. The molecule has 0 saturated carbocycles. The van der Waals surface area contributed by atoms with E-state index in [0.29, 0.717) is 102 Å². The largest absolute Gasteiger partial charge is 0.480 e. The lowest BCUT2D eigenvalue weighted by atomic mass is 10.2. The standard InChI is InChI=1S/C25H22N6O4.C24H20N4O5.C20H12N4O5.C18H10N4O3.C6H11BrO2.C5H12N2/c1-27-10-12-28(13-11-27)23(32)16-29-21-5-3-2-4-20(21)24-22(29)14-17(15-26)25(33)30(24)18-6-8-19(9-7-18)31(34)35;1-24(2,3)33-21(29)14-26-19-7-5-4-6-18(19)22-20(26)12-15(13-25)23(30)27(22)16-8-10-17(11-9-16)28(31)32;21-10-12-9-17-19(15-3-1-2-4-16(15)22(17)11-18(25)26)23(20(12)27)13-5-7-14(8-6-13)24(28)29;19-10-11-9-16-17(14-3-1-2-4-15(14)20-16)21(18(11)23)12-5-7-13(8-6-12)22(24)25;1-6(2,3)9-5(8)4-7;1-7-4-2-6-3-5-7/h2-9,14H,10-13,16H2,1H3;4-12H,14H2,1-3H3;1-9H,11H2,(H,25,26);1-9,20H;4H2,1-3H3;6H,2-5H2,1H3. The van der Waals surface area contributed by atoms with Gasteiger partial charge in [0.05, 0.1) is 80.4 Å². The number of hydrogen-bond donors (Lipinski definition) is 3. The van der Waals surface area contributed by atoms with Gasteiger partial charge in [-0.05, 0) is 153 Å². The number of hydrogen-bond acceptors (Lipinski definition) is 25. The smallest absolute Gasteiger partial charge is 0.326 e. The third kappa shape index (κ3) is 21.4. The Morgan fingerprint density at radius 3 is 1.01 bits per heavy atom. The maximum Gasteiger partial charge on any atom is 0.326 e. The fourth-order valence-electron chi connectivity index (χ4n) is 16.0. The first-order valence-electron chi connectivity index (χ1n) is 42.7. The minimum absolute atomic E-state index is 0.00240. The number of piperazine rings is 2. The fraction of sp³-hybridized carbons (Fsp3) is 0.224. The van der Waals surface area contributed by atoms with Crippen LogP contribution in [0.5, 0.6) is 0 Å². The summed E-state index contributed by atoms with van der Waals surface area (Å²) in [6.07, 6.45) is 0. The van der Waals surface area contributed by atoms with E-state index in [0.717, 1.165) is 48.0 Å². The van der Waals surface area contributed by atoms with E-state index in [9.17, 15) is 105 Å². The minimum Gasteiger partial charge on any atom is -0.480 e. The number of nitro benzene ring substituents is 4. The van der Waals surface area contributed by atoms with Gasteiger partial charge < -0.3 is 53.3 Å². The molecule has 0 radical (unpaired) electrons. The van der Waals surface area contributed by atoms with Crippen molar-refractivity contribution in [1.82, 2.24) is 57.0 Å². The van der Waals surface area contributed by atoms with Crippen LogP contribution in [0.3, 0.4) is 0 Å². The van der Waals surface area contributed by atoms with Crippen molar-refractivity contribution in [3.05, 3.63) is 323 Å². The summed E-state index contributed by atoms with van der Waals surface area (Å²) in [6.45, 7) is 18.1. The molecule has 40 heteroatoms. The van der Waals surface area contributed by atoms with Gasteiger partial charge in [-0.15, -0.1) is 0 Å². The molecule has 18 rings (SSSR count). The second-order valence-corrected chi connectivity index (χ2v) is 34.3. The number of aliphatic carboxylic acids is 1. The molecule has 8 aromatic heterocycles. The number of H-pyrrole nitrogens is 1. The molecule has 2 fully saturated rings. The predicted octanol–water partition coefficient (Wildman–Crippen LogP) is 13.9. The maximum absolute atomic E-state index is 13.3. The molecule has 0 unspecified atom stereocenters. The lowest BCUT2D eigenvalue weighted by molar-refractivity contribution is -0.385. The number of nitrogens with zero attached hydrogens (tertiary/aromatic N) is 18. The van der Waals surface area contributed by atoms with Gasteiger partial charge in [-0.3, -0.25) is 97.1 Å².